The van der Waals surface area contributed by atoms with Crippen LogP contribution in [0.3, 0.4) is 0 Å². The largest absolute Gasteiger partial charge is 0.374 e. The third-order valence-electron chi connectivity index (χ3n) is 3.16. The molecule has 1 aliphatic heterocycles. The molecule has 1 saturated heterocycles. The molecule has 0 aromatic carbocycles. The highest BCUT2D eigenvalue weighted by molar-refractivity contribution is 8.42. The Bertz CT molecular complexity index is 490. The van der Waals surface area contributed by atoms with Gasteiger partial charge in [-0.2, -0.15) is 5.26 Å². The summed E-state index contributed by atoms with van der Waals surface area (Å²) in [5.41, 5.74) is -1.36. The summed E-state index contributed by atoms with van der Waals surface area (Å²) in [6, 6.07) is 1.51. The molecule has 0 aromatic rings. The third-order valence-corrected chi connectivity index (χ3v) is 5.74. The van der Waals surface area contributed by atoms with Gasteiger partial charge in [0.1, 0.15) is 6.07 Å². The zero-order valence-corrected chi connectivity index (χ0v) is 12.9. The lowest BCUT2D eigenvalue weighted by Gasteiger charge is -2.24. The quantitative estimate of drug-likeness (QED) is 0.351. The van der Waals surface area contributed by atoms with Crippen LogP contribution in [0.25, 0.3) is 0 Å². The van der Waals surface area contributed by atoms with E-state index in [1.807, 2.05) is 0 Å². The van der Waals surface area contributed by atoms with Crippen LogP contribution in [0.4, 0.5) is 23.3 Å². The number of hydrogen-bond donors (Lipinski definition) is 0. The monoisotopic (exact) mass is 352 g/mol. The predicted octanol–water partition coefficient (Wildman–Crippen LogP) is 6.03. The van der Waals surface area contributed by atoms with E-state index in [1.165, 1.54) is 13.0 Å². The number of rotatable bonds is 4. The Balaban J connectivity index is 3.46. The number of allylic oxidation sites excluding steroid dienone is 3. The zero-order chi connectivity index (χ0) is 16.4. The van der Waals surface area contributed by atoms with Crippen molar-refractivity contribution in [1.29, 1.82) is 5.26 Å². The minimum atomic E-state index is -6.45. The molecule has 0 aromatic heterocycles. The van der Waals surface area contributed by atoms with Crippen molar-refractivity contribution >= 4 is 22.4 Å². The van der Waals surface area contributed by atoms with Crippen LogP contribution < -0.4 is 0 Å². The van der Waals surface area contributed by atoms with E-state index >= 15 is 0 Å². The van der Waals surface area contributed by atoms with Crippen LogP contribution in [0.5, 0.6) is 0 Å². The summed E-state index contributed by atoms with van der Waals surface area (Å²) >= 11 is -12.9. The highest BCUT2D eigenvalue weighted by Gasteiger charge is 2.46. The maximum Gasteiger partial charge on any atom is 0.249 e. The first kappa shape index (κ1) is 18.1. The first-order valence-corrected chi connectivity index (χ1v) is 8.58. The van der Waals surface area contributed by atoms with E-state index in [1.54, 1.807) is 4.90 Å². The van der Waals surface area contributed by atoms with E-state index in [4.69, 9.17) is 5.26 Å². The number of hydrogen-bond acceptors (Lipinski definition) is 2. The van der Waals surface area contributed by atoms with E-state index < -0.39 is 37.8 Å². The van der Waals surface area contributed by atoms with Gasteiger partial charge >= 0.3 is 0 Å². The molecule has 0 radical (unpaired) electrons. The van der Waals surface area contributed by atoms with Gasteiger partial charge < -0.3 is 4.90 Å². The van der Waals surface area contributed by atoms with Crippen LogP contribution >= 0.6 is 22.4 Å². The maximum absolute atomic E-state index is 12.8. The maximum atomic E-state index is 12.8. The van der Waals surface area contributed by atoms with Gasteiger partial charge in [0, 0.05) is 24.4 Å². The van der Waals surface area contributed by atoms with Crippen LogP contribution in [0, 0.1) is 11.3 Å². The number of nitriles is 1. The highest BCUT2D eigenvalue weighted by atomic mass is 32.4. The molecule has 1 fully saturated rings. The molecule has 1 heterocycles. The molecule has 1 rings (SSSR count). The molecule has 0 spiro atoms. The SMILES string of the molecule is CC(=C(S(F)(F)F)S(F)(F)F)/C(C#N)=C(\C)N1CCCC1. The molecule has 1 aliphatic rings. The van der Waals surface area contributed by atoms with Crippen LogP contribution in [0.15, 0.2) is 21.1 Å². The molecular weight excluding hydrogens is 338 g/mol. The van der Waals surface area contributed by atoms with Crippen LogP contribution in [-0.2, 0) is 0 Å². The fraction of sp³-hybridized carbons (Fsp3) is 0.545. The van der Waals surface area contributed by atoms with E-state index in [9.17, 15) is 23.3 Å². The lowest BCUT2D eigenvalue weighted by atomic mass is 10.1. The normalized spacial score (nSPS) is 18.9. The molecule has 0 aliphatic carbocycles. The average molecular weight is 352 g/mol. The first-order chi connectivity index (χ1) is 9.50. The van der Waals surface area contributed by atoms with E-state index in [0.29, 0.717) is 13.1 Å². The molecule has 122 valence electrons. The molecule has 0 N–H and O–H groups in total. The summed E-state index contributed by atoms with van der Waals surface area (Å²) in [4.78, 5) is 1.65. The van der Waals surface area contributed by atoms with Crippen molar-refractivity contribution in [2.24, 2.45) is 0 Å². The minimum Gasteiger partial charge on any atom is -0.374 e. The van der Waals surface area contributed by atoms with Crippen molar-refractivity contribution in [2.75, 3.05) is 13.1 Å². The van der Waals surface area contributed by atoms with Crippen molar-refractivity contribution in [3.8, 4) is 6.07 Å². The number of halogens is 6. The lowest BCUT2D eigenvalue weighted by Crippen LogP contribution is -2.18. The smallest absolute Gasteiger partial charge is 0.249 e. The van der Waals surface area contributed by atoms with Gasteiger partial charge in [-0.1, -0.05) is 0 Å². The fourth-order valence-corrected chi connectivity index (χ4v) is 3.96. The van der Waals surface area contributed by atoms with Gasteiger partial charge in [-0.05, 0) is 26.7 Å². The summed E-state index contributed by atoms with van der Waals surface area (Å²) in [5.74, 6) is 0. The van der Waals surface area contributed by atoms with Gasteiger partial charge in [0.2, 0.25) is 22.4 Å². The standard InChI is InChI=1S/C11H14F6N2S2/c1-8(11(20(12,13)14)21(15,16)17)10(7-18)9(2)19-5-3-4-6-19/h3-6H2,1-2H3/b10-9+. The van der Waals surface area contributed by atoms with Crippen molar-refractivity contribution in [1.82, 2.24) is 4.90 Å². The molecule has 0 unspecified atom stereocenters. The topological polar surface area (TPSA) is 27.0 Å². The second kappa shape index (κ2) is 6.44. The van der Waals surface area contributed by atoms with Crippen LogP contribution in [0.1, 0.15) is 26.7 Å². The summed E-state index contributed by atoms with van der Waals surface area (Å²) in [6.07, 6.45) is 1.61. The fourth-order valence-electron chi connectivity index (χ4n) is 2.20. The van der Waals surface area contributed by atoms with Crippen molar-refractivity contribution < 1.29 is 23.3 Å². The Hall–Kier alpha value is -0.950. The summed E-state index contributed by atoms with van der Waals surface area (Å²) in [6.45, 7) is 3.20. The van der Waals surface area contributed by atoms with E-state index in [0.717, 1.165) is 19.8 Å². The second-order valence-corrected chi connectivity index (χ2v) is 7.19. The van der Waals surface area contributed by atoms with Gasteiger partial charge in [0.05, 0.1) is 5.57 Å². The molecule has 2 nitrogen and oxygen atoms in total. The molecule has 0 atom stereocenters. The third kappa shape index (κ3) is 4.26. The van der Waals surface area contributed by atoms with Crippen molar-refractivity contribution in [2.45, 2.75) is 26.7 Å². The number of likely N-dealkylation sites (tertiary alicyclic amines) is 1. The predicted molar refractivity (Wildman–Crippen MR) is 73.7 cm³/mol. The Kier molecular flexibility index (Phi) is 5.55. The van der Waals surface area contributed by atoms with Gasteiger partial charge in [-0.15, -0.1) is 23.3 Å². The van der Waals surface area contributed by atoms with Gasteiger partial charge in [-0.3, -0.25) is 0 Å². The Morgan fingerprint density at radius 1 is 0.952 bits per heavy atom. The van der Waals surface area contributed by atoms with Crippen molar-refractivity contribution in [3.05, 3.63) is 21.1 Å². The molecule has 21 heavy (non-hydrogen) atoms. The second-order valence-electron chi connectivity index (χ2n) is 4.49. The van der Waals surface area contributed by atoms with Crippen molar-refractivity contribution in [3.63, 3.8) is 0 Å². The average Bonchev–Trinajstić information content (AvgIpc) is 2.78. The summed E-state index contributed by atoms with van der Waals surface area (Å²) in [7, 11) is 0. The summed E-state index contributed by atoms with van der Waals surface area (Å²) in [5, 5.41) is 9.02. The molecule has 10 heteroatoms. The van der Waals surface area contributed by atoms with E-state index in [-0.39, 0.29) is 5.70 Å². The summed E-state index contributed by atoms with van der Waals surface area (Å²) < 4.78 is 74.3. The zero-order valence-electron chi connectivity index (χ0n) is 11.3. The van der Waals surface area contributed by atoms with Gasteiger partial charge in [0.25, 0.3) is 0 Å². The van der Waals surface area contributed by atoms with E-state index in [2.05, 4.69) is 0 Å². The minimum absolute atomic E-state index is 0.178. The Morgan fingerprint density at radius 3 is 1.71 bits per heavy atom. The lowest BCUT2D eigenvalue weighted by molar-refractivity contribution is 0.425. The first-order valence-electron chi connectivity index (χ1n) is 5.91. The van der Waals surface area contributed by atoms with Gasteiger partial charge in [-0.25, -0.2) is 0 Å². The molecule has 0 saturated carbocycles. The molecule has 0 amide bonds. The molecular formula is C11H14F6N2S2. The Labute approximate surface area is 123 Å². The number of nitrogens with zero attached hydrogens (tertiary/aromatic N) is 2. The van der Waals surface area contributed by atoms with Crippen LogP contribution in [-0.4, -0.2) is 18.0 Å². The molecule has 0 bridgehead atoms. The highest BCUT2D eigenvalue weighted by Crippen LogP contribution is 2.78. The van der Waals surface area contributed by atoms with Gasteiger partial charge in [0.15, 0.2) is 4.24 Å². The van der Waals surface area contributed by atoms with Crippen LogP contribution in [0.2, 0.25) is 0 Å². The Morgan fingerprint density at radius 2 is 1.38 bits per heavy atom.